The molecule has 0 bridgehead atoms. The molecule has 158 valence electrons. The van der Waals surface area contributed by atoms with Crippen LogP contribution in [0.5, 0.6) is 0 Å². The number of nitrogens with one attached hydrogen (secondary N) is 2. The standard InChI is InChI=1S/C23H29N5O2/c1-30-17-3-2-12-28(14-17)23(29)27-16-6-4-15(5-7-16)18-8-10-24-20-13-26-22-19(21(18)20)9-11-25-22/h8-11,13,15-17,24H,2-7,12,14H2,1H3,(H,27,29). The van der Waals surface area contributed by atoms with Crippen molar-refractivity contribution in [3.63, 3.8) is 0 Å². The van der Waals surface area contributed by atoms with Gasteiger partial charge in [-0.1, -0.05) is 0 Å². The first kappa shape index (κ1) is 19.3. The summed E-state index contributed by atoms with van der Waals surface area (Å²) in [6, 6.07) is 4.58. The molecule has 2 aliphatic rings. The zero-order valence-corrected chi connectivity index (χ0v) is 17.4. The van der Waals surface area contributed by atoms with Gasteiger partial charge in [-0.3, -0.25) is 0 Å². The zero-order valence-electron chi connectivity index (χ0n) is 17.4. The highest BCUT2D eigenvalue weighted by Crippen LogP contribution is 2.38. The molecule has 4 heterocycles. The van der Waals surface area contributed by atoms with E-state index < -0.39 is 0 Å². The van der Waals surface area contributed by atoms with Gasteiger partial charge in [-0.25, -0.2) is 14.8 Å². The van der Waals surface area contributed by atoms with E-state index in [1.165, 1.54) is 10.9 Å². The number of methoxy groups -OCH3 is 1. The molecule has 0 spiro atoms. The predicted molar refractivity (Wildman–Crippen MR) is 117 cm³/mol. The summed E-state index contributed by atoms with van der Waals surface area (Å²) in [4.78, 5) is 26.8. The summed E-state index contributed by atoms with van der Waals surface area (Å²) in [6.45, 7) is 1.52. The Morgan fingerprint density at radius 1 is 1.20 bits per heavy atom. The van der Waals surface area contributed by atoms with E-state index in [9.17, 15) is 4.79 Å². The third kappa shape index (κ3) is 3.62. The fourth-order valence-electron chi connectivity index (χ4n) is 5.15. The number of piperidine rings is 1. The monoisotopic (exact) mass is 407 g/mol. The van der Waals surface area contributed by atoms with Crippen LogP contribution in [-0.2, 0) is 4.74 Å². The lowest BCUT2D eigenvalue weighted by Crippen LogP contribution is -2.50. The summed E-state index contributed by atoms with van der Waals surface area (Å²) in [7, 11) is 1.73. The minimum atomic E-state index is 0.0654. The quantitative estimate of drug-likeness (QED) is 0.688. The van der Waals surface area contributed by atoms with Gasteiger partial charge in [0, 0.05) is 49.4 Å². The van der Waals surface area contributed by atoms with E-state index in [-0.39, 0.29) is 18.2 Å². The Kier molecular flexibility index (Phi) is 5.29. The summed E-state index contributed by atoms with van der Waals surface area (Å²) in [6.07, 6.45) is 12.1. The lowest BCUT2D eigenvalue weighted by molar-refractivity contribution is 0.0427. The van der Waals surface area contributed by atoms with Gasteiger partial charge in [0.2, 0.25) is 0 Å². The van der Waals surface area contributed by atoms with E-state index in [1.807, 2.05) is 23.5 Å². The topological polar surface area (TPSA) is 83.1 Å². The van der Waals surface area contributed by atoms with Crippen LogP contribution in [0.1, 0.15) is 50.0 Å². The smallest absolute Gasteiger partial charge is 0.317 e. The zero-order chi connectivity index (χ0) is 20.5. The first-order valence-electron chi connectivity index (χ1n) is 11.0. The molecule has 7 nitrogen and oxygen atoms in total. The van der Waals surface area contributed by atoms with Gasteiger partial charge < -0.3 is 19.9 Å². The van der Waals surface area contributed by atoms with Gasteiger partial charge in [0.25, 0.3) is 0 Å². The van der Waals surface area contributed by atoms with Gasteiger partial charge in [-0.05, 0) is 62.1 Å². The summed E-state index contributed by atoms with van der Waals surface area (Å²) in [5, 5.41) is 5.63. The van der Waals surface area contributed by atoms with Gasteiger partial charge in [-0.2, -0.15) is 0 Å². The first-order chi connectivity index (χ1) is 14.7. The van der Waals surface area contributed by atoms with Crippen molar-refractivity contribution in [3.8, 4) is 0 Å². The van der Waals surface area contributed by atoms with Crippen LogP contribution in [0, 0.1) is 0 Å². The number of aromatic nitrogens is 3. The number of aromatic amines is 1. The Bertz CT molecular complexity index is 1040. The summed E-state index contributed by atoms with van der Waals surface area (Å²) < 4.78 is 5.45. The molecule has 3 aromatic rings. The number of fused-ring (bicyclic) bond motifs is 3. The highest BCUT2D eigenvalue weighted by Gasteiger charge is 2.28. The Labute approximate surface area is 176 Å². The second-order valence-corrected chi connectivity index (χ2v) is 8.61. The minimum absolute atomic E-state index is 0.0654. The van der Waals surface area contributed by atoms with Crippen molar-refractivity contribution in [1.82, 2.24) is 25.2 Å². The van der Waals surface area contributed by atoms with E-state index in [4.69, 9.17) is 4.74 Å². The molecule has 1 saturated heterocycles. The third-order valence-electron chi connectivity index (χ3n) is 6.82. The molecule has 30 heavy (non-hydrogen) atoms. The maximum atomic E-state index is 12.7. The highest BCUT2D eigenvalue weighted by atomic mass is 16.5. The van der Waals surface area contributed by atoms with E-state index in [0.29, 0.717) is 12.5 Å². The number of likely N-dealkylation sites (tertiary alicyclic amines) is 1. The van der Waals surface area contributed by atoms with Crippen LogP contribution in [0.4, 0.5) is 4.79 Å². The maximum absolute atomic E-state index is 12.7. The van der Waals surface area contributed by atoms with E-state index in [0.717, 1.165) is 61.6 Å². The number of rotatable bonds is 3. The average Bonchev–Trinajstić information content (AvgIpc) is 3.28. The Balaban J connectivity index is 1.26. The molecule has 0 radical (unpaired) electrons. The molecule has 2 N–H and O–H groups in total. The van der Waals surface area contributed by atoms with Crippen molar-refractivity contribution in [2.75, 3.05) is 20.2 Å². The molecule has 0 aromatic carbocycles. The third-order valence-corrected chi connectivity index (χ3v) is 6.82. The summed E-state index contributed by atoms with van der Waals surface area (Å²) in [5.41, 5.74) is 3.23. The lowest BCUT2D eigenvalue weighted by atomic mass is 9.80. The molecular formula is C23H29N5O2. The average molecular weight is 408 g/mol. The second-order valence-electron chi connectivity index (χ2n) is 8.61. The number of H-pyrrole nitrogens is 1. The van der Waals surface area contributed by atoms with Crippen molar-refractivity contribution in [2.24, 2.45) is 0 Å². The van der Waals surface area contributed by atoms with Crippen molar-refractivity contribution in [3.05, 3.63) is 36.3 Å². The molecule has 2 amide bonds. The lowest BCUT2D eigenvalue weighted by Gasteiger charge is -2.35. The number of urea groups is 1. The number of carbonyl (C=O) groups is 1. The molecule has 2 fully saturated rings. The Morgan fingerprint density at radius 2 is 2.07 bits per heavy atom. The van der Waals surface area contributed by atoms with Gasteiger partial charge in [0.15, 0.2) is 5.65 Å². The first-order valence-corrected chi connectivity index (χ1v) is 11.0. The normalized spacial score (nSPS) is 25.0. The minimum Gasteiger partial charge on any atom is -0.380 e. The predicted octanol–water partition coefficient (Wildman–Crippen LogP) is 3.96. The molecule has 5 rings (SSSR count). The molecule has 1 aliphatic carbocycles. The van der Waals surface area contributed by atoms with Gasteiger partial charge >= 0.3 is 6.03 Å². The van der Waals surface area contributed by atoms with Crippen molar-refractivity contribution < 1.29 is 9.53 Å². The fraction of sp³-hybridized carbons (Fsp3) is 0.522. The number of hydrogen-bond acceptors (Lipinski definition) is 4. The number of amides is 2. The van der Waals surface area contributed by atoms with Crippen LogP contribution in [0.15, 0.2) is 30.7 Å². The Morgan fingerprint density at radius 3 is 2.90 bits per heavy atom. The fourth-order valence-corrected chi connectivity index (χ4v) is 5.15. The molecule has 1 aliphatic heterocycles. The molecule has 3 aromatic heterocycles. The highest BCUT2D eigenvalue weighted by molar-refractivity contribution is 6.05. The number of nitrogens with zero attached hydrogens (tertiary/aromatic N) is 3. The van der Waals surface area contributed by atoms with Crippen LogP contribution >= 0.6 is 0 Å². The van der Waals surface area contributed by atoms with Crippen LogP contribution in [0.2, 0.25) is 0 Å². The van der Waals surface area contributed by atoms with Gasteiger partial charge in [-0.15, -0.1) is 0 Å². The summed E-state index contributed by atoms with van der Waals surface area (Å²) >= 11 is 0. The summed E-state index contributed by atoms with van der Waals surface area (Å²) in [5.74, 6) is 0.489. The van der Waals surface area contributed by atoms with Crippen LogP contribution in [0.25, 0.3) is 21.9 Å². The van der Waals surface area contributed by atoms with Crippen LogP contribution in [0.3, 0.4) is 0 Å². The number of ether oxygens (including phenoxy) is 1. The molecule has 7 heteroatoms. The van der Waals surface area contributed by atoms with Crippen molar-refractivity contribution in [2.45, 2.75) is 56.6 Å². The van der Waals surface area contributed by atoms with Crippen molar-refractivity contribution in [1.29, 1.82) is 0 Å². The van der Waals surface area contributed by atoms with Gasteiger partial charge in [0.05, 0.1) is 17.8 Å². The van der Waals surface area contributed by atoms with Crippen molar-refractivity contribution >= 4 is 28.0 Å². The number of carbonyl (C=O) groups excluding carboxylic acids is 1. The van der Waals surface area contributed by atoms with E-state index in [1.54, 1.807) is 7.11 Å². The molecule has 1 atom stereocenters. The Hall–Kier alpha value is -2.67. The molecule has 1 saturated carbocycles. The number of hydrogen-bond donors (Lipinski definition) is 2. The van der Waals surface area contributed by atoms with Gasteiger partial charge in [0.1, 0.15) is 0 Å². The van der Waals surface area contributed by atoms with E-state index >= 15 is 0 Å². The maximum Gasteiger partial charge on any atom is 0.317 e. The molecule has 1 unspecified atom stereocenters. The second kappa shape index (κ2) is 8.22. The SMILES string of the molecule is COC1CCCN(C(=O)NC2CCC(c3cc[nH]c4cnc5nccc5c34)CC2)C1. The molecular weight excluding hydrogens is 378 g/mol. The largest absolute Gasteiger partial charge is 0.380 e. The number of pyridine rings is 2. The van der Waals surface area contributed by atoms with Crippen LogP contribution in [-0.4, -0.2) is 58.2 Å². The van der Waals surface area contributed by atoms with E-state index in [2.05, 4.69) is 32.4 Å². The van der Waals surface area contributed by atoms with Crippen LogP contribution < -0.4 is 5.32 Å².